The van der Waals surface area contributed by atoms with Gasteiger partial charge in [0.25, 0.3) is 0 Å². The SMILES string of the molecule is O=C(CSc1nccnc1N1CCN(c2ccc(F)cc2)CC1)Nc1ccccc1. The fourth-order valence-electron chi connectivity index (χ4n) is 3.32. The van der Waals surface area contributed by atoms with E-state index in [4.69, 9.17) is 0 Å². The van der Waals surface area contributed by atoms with Crippen LogP contribution in [-0.2, 0) is 4.79 Å². The van der Waals surface area contributed by atoms with Gasteiger partial charge in [0.1, 0.15) is 10.8 Å². The highest BCUT2D eigenvalue weighted by atomic mass is 32.2. The molecule has 2 aromatic carbocycles. The molecule has 0 aliphatic carbocycles. The van der Waals surface area contributed by atoms with E-state index in [1.54, 1.807) is 24.5 Å². The summed E-state index contributed by atoms with van der Waals surface area (Å²) in [6.45, 7) is 3.17. The van der Waals surface area contributed by atoms with Crippen LogP contribution < -0.4 is 15.1 Å². The van der Waals surface area contributed by atoms with Gasteiger partial charge in [0.05, 0.1) is 5.75 Å². The molecule has 30 heavy (non-hydrogen) atoms. The summed E-state index contributed by atoms with van der Waals surface area (Å²) in [5, 5.41) is 3.63. The van der Waals surface area contributed by atoms with Crippen LogP contribution in [0.3, 0.4) is 0 Å². The molecule has 1 N–H and O–H groups in total. The summed E-state index contributed by atoms with van der Waals surface area (Å²) in [6.07, 6.45) is 3.32. The number of thioether (sulfide) groups is 1. The number of nitrogens with one attached hydrogen (secondary N) is 1. The minimum Gasteiger partial charge on any atom is -0.368 e. The summed E-state index contributed by atoms with van der Waals surface area (Å²) in [7, 11) is 0. The fraction of sp³-hybridized carbons (Fsp3) is 0.227. The van der Waals surface area contributed by atoms with Gasteiger partial charge in [-0.05, 0) is 36.4 Å². The molecule has 1 aliphatic rings. The molecule has 1 aliphatic heterocycles. The normalized spacial score (nSPS) is 13.9. The third kappa shape index (κ3) is 5.07. The van der Waals surface area contributed by atoms with Crippen molar-refractivity contribution in [3.63, 3.8) is 0 Å². The third-order valence-corrected chi connectivity index (χ3v) is 5.78. The molecule has 1 aromatic heterocycles. The Morgan fingerprint density at radius 2 is 1.60 bits per heavy atom. The standard InChI is InChI=1S/C22H22FN5OS/c23-17-6-8-19(9-7-17)27-12-14-28(15-13-27)21-22(25-11-10-24-21)30-16-20(29)26-18-4-2-1-3-5-18/h1-11H,12-16H2,(H,26,29). The van der Waals surface area contributed by atoms with Crippen LogP contribution in [0.1, 0.15) is 0 Å². The maximum atomic E-state index is 13.2. The zero-order chi connectivity index (χ0) is 20.8. The predicted octanol–water partition coefficient (Wildman–Crippen LogP) is 3.67. The Morgan fingerprint density at radius 3 is 2.33 bits per heavy atom. The van der Waals surface area contributed by atoms with Gasteiger partial charge in [-0.2, -0.15) is 0 Å². The van der Waals surface area contributed by atoms with Gasteiger partial charge in [-0.3, -0.25) is 4.79 Å². The average molecular weight is 424 g/mol. The highest BCUT2D eigenvalue weighted by Gasteiger charge is 2.21. The zero-order valence-corrected chi connectivity index (χ0v) is 17.2. The summed E-state index contributed by atoms with van der Waals surface area (Å²) < 4.78 is 13.2. The first-order valence-electron chi connectivity index (χ1n) is 9.73. The molecule has 3 aromatic rings. The topological polar surface area (TPSA) is 61.4 Å². The minimum atomic E-state index is -0.227. The van der Waals surface area contributed by atoms with Crippen LogP contribution in [0, 0.1) is 5.82 Å². The van der Waals surface area contributed by atoms with Gasteiger partial charge >= 0.3 is 0 Å². The number of amides is 1. The average Bonchev–Trinajstić information content (AvgIpc) is 2.79. The summed E-state index contributed by atoms with van der Waals surface area (Å²) in [4.78, 5) is 25.6. The number of aromatic nitrogens is 2. The number of nitrogens with zero attached hydrogens (tertiary/aromatic N) is 4. The molecule has 1 saturated heterocycles. The van der Waals surface area contributed by atoms with Crippen molar-refractivity contribution < 1.29 is 9.18 Å². The van der Waals surface area contributed by atoms with Gasteiger partial charge in [-0.1, -0.05) is 30.0 Å². The summed E-state index contributed by atoms with van der Waals surface area (Å²) in [5.74, 6) is 0.753. The van der Waals surface area contributed by atoms with Crippen molar-refractivity contribution in [1.29, 1.82) is 0 Å². The van der Waals surface area contributed by atoms with Crippen molar-refractivity contribution >= 4 is 34.9 Å². The van der Waals surface area contributed by atoms with Crippen LogP contribution >= 0.6 is 11.8 Å². The van der Waals surface area contributed by atoms with Gasteiger partial charge in [-0.25, -0.2) is 14.4 Å². The summed E-state index contributed by atoms with van der Waals surface area (Å²) in [6, 6.07) is 16.0. The monoisotopic (exact) mass is 423 g/mol. The molecule has 6 nitrogen and oxygen atoms in total. The van der Waals surface area contributed by atoms with Crippen molar-refractivity contribution in [1.82, 2.24) is 9.97 Å². The van der Waals surface area contributed by atoms with E-state index in [9.17, 15) is 9.18 Å². The molecule has 8 heteroatoms. The Kier molecular flexibility index (Phi) is 6.44. The second-order valence-electron chi connectivity index (χ2n) is 6.84. The molecule has 0 bridgehead atoms. The number of halogens is 1. The van der Waals surface area contributed by atoms with E-state index in [1.807, 2.05) is 30.3 Å². The minimum absolute atomic E-state index is 0.0797. The molecule has 4 rings (SSSR count). The summed E-state index contributed by atoms with van der Waals surface area (Å²) in [5.41, 5.74) is 1.79. The van der Waals surface area contributed by atoms with Gasteiger partial charge in [0.2, 0.25) is 5.91 Å². The Bertz CT molecular complexity index is 978. The van der Waals surface area contributed by atoms with Crippen LogP contribution in [-0.4, -0.2) is 47.8 Å². The largest absolute Gasteiger partial charge is 0.368 e. The second-order valence-corrected chi connectivity index (χ2v) is 7.80. The number of para-hydroxylation sites is 1. The number of carbonyl (C=O) groups excluding carboxylic acids is 1. The zero-order valence-electron chi connectivity index (χ0n) is 16.4. The molecular formula is C22H22FN5OS. The lowest BCUT2D eigenvalue weighted by Crippen LogP contribution is -2.47. The van der Waals surface area contributed by atoms with Crippen LogP contribution in [0.5, 0.6) is 0 Å². The Hall–Kier alpha value is -3.13. The third-order valence-electron chi connectivity index (χ3n) is 4.82. The molecule has 0 spiro atoms. The van der Waals surface area contributed by atoms with E-state index in [-0.39, 0.29) is 17.5 Å². The molecule has 1 amide bonds. The molecule has 154 valence electrons. The Labute approximate surface area is 179 Å². The molecule has 0 radical (unpaired) electrons. The van der Waals surface area contributed by atoms with Crippen molar-refractivity contribution in [3.05, 3.63) is 72.8 Å². The predicted molar refractivity (Wildman–Crippen MR) is 119 cm³/mol. The first-order chi connectivity index (χ1) is 14.7. The molecule has 1 fully saturated rings. The Balaban J connectivity index is 1.35. The molecule has 2 heterocycles. The number of benzene rings is 2. The van der Waals surface area contributed by atoms with E-state index < -0.39 is 0 Å². The quantitative estimate of drug-likeness (QED) is 0.611. The number of hydrogen-bond donors (Lipinski definition) is 1. The van der Waals surface area contributed by atoms with E-state index in [0.29, 0.717) is 0 Å². The van der Waals surface area contributed by atoms with E-state index in [2.05, 4.69) is 25.1 Å². The van der Waals surface area contributed by atoms with E-state index >= 15 is 0 Å². The smallest absolute Gasteiger partial charge is 0.234 e. The van der Waals surface area contributed by atoms with E-state index in [1.165, 1.54) is 23.9 Å². The number of hydrogen-bond acceptors (Lipinski definition) is 6. The lowest BCUT2D eigenvalue weighted by molar-refractivity contribution is -0.113. The molecule has 0 unspecified atom stereocenters. The lowest BCUT2D eigenvalue weighted by atomic mass is 10.2. The number of piperazine rings is 1. The maximum Gasteiger partial charge on any atom is 0.234 e. The van der Waals surface area contributed by atoms with Crippen LogP contribution in [0.15, 0.2) is 72.0 Å². The first-order valence-corrected chi connectivity index (χ1v) is 10.7. The first kappa shape index (κ1) is 20.2. The van der Waals surface area contributed by atoms with Crippen molar-refractivity contribution in [2.24, 2.45) is 0 Å². The lowest BCUT2D eigenvalue weighted by Gasteiger charge is -2.37. The van der Waals surface area contributed by atoms with Crippen molar-refractivity contribution in [2.75, 3.05) is 47.0 Å². The highest BCUT2D eigenvalue weighted by Crippen LogP contribution is 2.27. The van der Waals surface area contributed by atoms with Crippen LogP contribution in [0.2, 0.25) is 0 Å². The molecule has 0 atom stereocenters. The van der Waals surface area contributed by atoms with Crippen molar-refractivity contribution in [3.8, 4) is 0 Å². The fourth-order valence-corrected chi connectivity index (χ4v) is 4.10. The van der Waals surface area contributed by atoms with Crippen molar-refractivity contribution in [2.45, 2.75) is 5.03 Å². The summed E-state index contributed by atoms with van der Waals surface area (Å²) >= 11 is 1.38. The van der Waals surface area contributed by atoms with Gasteiger partial charge < -0.3 is 15.1 Å². The number of anilines is 3. The highest BCUT2D eigenvalue weighted by molar-refractivity contribution is 8.00. The number of rotatable bonds is 6. The Morgan fingerprint density at radius 1 is 0.933 bits per heavy atom. The van der Waals surface area contributed by atoms with Crippen LogP contribution in [0.4, 0.5) is 21.6 Å². The second kappa shape index (κ2) is 9.58. The maximum absolute atomic E-state index is 13.2. The van der Waals surface area contributed by atoms with Crippen LogP contribution in [0.25, 0.3) is 0 Å². The molecular weight excluding hydrogens is 401 g/mol. The van der Waals surface area contributed by atoms with Gasteiger partial charge in [-0.15, -0.1) is 0 Å². The van der Waals surface area contributed by atoms with Gasteiger partial charge in [0, 0.05) is 49.9 Å². The van der Waals surface area contributed by atoms with Gasteiger partial charge in [0.15, 0.2) is 5.82 Å². The van der Waals surface area contributed by atoms with E-state index in [0.717, 1.165) is 48.4 Å². The molecule has 0 saturated carbocycles. The number of carbonyl (C=O) groups is 1.